The van der Waals surface area contributed by atoms with Gasteiger partial charge in [0.1, 0.15) is 0 Å². The van der Waals surface area contributed by atoms with E-state index < -0.39 is 10.4 Å². The van der Waals surface area contributed by atoms with E-state index in [-0.39, 0.29) is 14.9 Å². The second kappa shape index (κ2) is 5.02. The van der Waals surface area contributed by atoms with Gasteiger partial charge in [0.05, 0.1) is 7.11 Å². The van der Waals surface area contributed by atoms with Crippen molar-refractivity contribution >= 4 is 10.4 Å². The highest BCUT2D eigenvalue weighted by molar-refractivity contribution is 7.80. The van der Waals surface area contributed by atoms with Crippen molar-refractivity contribution in [3.05, 3.63) is 0 Å². The third-order valence-electron chi connectivity index (χ3n) is 0.211. The van der Waals surface area contributed by atoms with E-state index in [1.807, 2.05) is 0 Å². The molecule has 0 aromatic heterocycles. The molecule has 4 nitrogen and oxygen atoms in total. The zero-order valence-corrected chi connectivity index (χ0v) is 3.90. The summed E-state index contributed by atoms with van der Waals surface area (Å²) in [5, 5.41) is 0. The monoisotopic (exact) mass is 144 g/mol. The average Bonchev–Trinajstić information content (AvgIpc) is 1.35. The van der Waals surface area contributed by atoms with Crippen LogP contribution >= 0.6 is 0 Å². The highest BCUT2D eigenvalue weighted by Gasteiger charge is 1.93. The van der Waals surface area contributed by atoms with E-state index in [2.05, 4.69) is 4.18 Å². The van der Waals surface area contributed by atoms with E-state index in [0.717, 1.165) is 7.11 Å². The van der Waals surface area contributed by atoms with Crippen LogP contribution in [0, 0.1) is 0 Å². The first kappa shape index (κ1) is 15.7. The van der Waals surface area contributed by atoms with Crippen molar-refractivity contribution in [2.45, 2.75) is 14.9 Å². The number of hydrogen-bond acceptors (Lipinski definition) is 3. The van der Waals surface area contributed by atoms with Crippen LogP contribution in [-0.2, 0) is 14.6 Å². The van der Waals surface area contributed by atoms with Crippen LogP contribution in [0.1, 0.15) is 14.9 Å². The van der Waals surface area contributed by atoms with Crippen LogP contribution in [-0.4, -0.2) is 20.1 Å². The predicted octanol–water partition coefficient (Wildman–Crippen LogP) is 0.708. The van der Waals surface area contributed by atoms with Crippen molar-refractivity contribution in [1.82, 2.24) is 0 Å². The molecule has 0 fully saturated rings. The molecule has 0 amide bonds. The van der Waals surface area contributed by atoms with Crippen LogP contribution < -0.4 is 0 Å². The standard InChI is InChI=1S/CH4O4S.2CH4/c1-5-6(2,3)4;;/h1H3,(H,2,3,4);2*1H4. The molecule has 0 aliphatic rings. The zero-order valence-electron chi connectivity index (χ0n) is 3.08. The Labute approximate surface area is 50.4 Å². The minimum absolute atomic E-state index is 0. The first-order chi connectivity index (χ1) is 2.56. The first-order valence-electron chi connectivity index (χ1n) is 1.09. The fraction of sp³-hybridized carbons (Fsp3) is 1.00. The van der Waals surface area contributed by atoms with Gasteiger partial charge in [-0.15, -0.1) is 0 Å². The van der Waals surface area contributed by atoms with E-state index in [0.29, 0.717) is 0 Å². The Morgan fingerprint density at radius 1 is 1.38 bits per heavy atom. The minimum atomic E-state index is -4.16. The molecule has 0 aliphatic carbocycles. The smallest absolute Gasteiger partial charge is 0.264 e. The van der Waals surface area contributed by atoms with Crippen molar-refractivity contribution in [3.8, 4) is 0 Å². The quantitative estimate of drug-likeness (QED) is 0.550. The van der Waals surface area contributed by atoms with Crippen LogP contribution in [0.5, 0.6) is 0 Å². The Morgan fingerprint density at radius 3 is 1.50 bits per heavy atom. The summed E-state index contributed by atoms with van der Waals surface area (Å²) in [5.41, 5.74) is 0. The summed E-state index contributed by atoms with van der Waals surface area (Å²) in [4.78, 5) is 0. The van der Waals surface area contributed by atoms with Crippen LogP contribution in [0.25, 0.3) is 0 Å². The zero-order chi connectivity index (χ0) is 5.21. The Bertz CT molecular complexity index is 113. The molecule has 0 unspecified atom stereocenters. The Hall–Kier alpha value is -0.130. The summed E-state index contributed by atoms with van der Waals surface area (Å²) < 4.78 is 29.7. The molecule has 0 aromatic carbocycles. The van der Waals surface area contributed by atoms with Gasteiger partial charge in [0.25, 0.3) is 0 Å². The van der Waals surface area contributed by atoms with E-state index in [1.54, 1.807) is 0 Å². The highest BCUT2D eigenvalue weighted by atomic mass is 32.3. The van der Waals surface area contributed by atoms with E-state index in [4.69, 9.17) is 4.55 Å². The van der Waals surface area contributed by atoms with Gasteiger partial charge >= 0.3 is 10.4 Å². The molecule has 0 bridgehead atoms. The van der Waals surface area contributed by atoms with Gasteiger partial charge in [-0.3, -0.25) is 8.74 Å². The third kappa shape index (κ3) is 16.9. The Balaban J connectivity index is -0.000000125. The lowest BCUT2D eigenvalue weighted by atomic mass is 11.8. The Kier molecular flexibility index (Phi) is 9.82. The van der Waals surface area contributed by atoms with Crippen molar-refractivity contribution in [1.29, 1.82) is 0 Å². The molecule has 5 heteroatoms. The molecular formula is C3H12O4S. The van der Waals surface area contributed by atoms with Gasteiger partial charge in [-0.1, -0.05) is 14.9 Å². The minimum Gasteiger partial charge on any atom is -0.264 e. The number of hydrogen-bond donors (Lipinski definition) is 1. The lowest BCUT2D eigenvalue weighted by Gasteiger charge is -1.82. The normalized spacial score (nSPS) is 8.75. The SMILES string of the molecule is C.C.COS(=O)(=O)O. The average molecular weight is 144 g/mol. The molecule has 0 saturated heterocycles. The fourth-order valence-electron chi connectivity index (χ4n) is 0. The van der Waals surface area contributed by atoms with Gasteiger partial charge < -0.3 is 0 Å². The van der Waals surface area contributed by atoms with Crippen molar-refractivity contribution in [3.63, 3.8) is 0 Å². The fourth-order valence-corrected chi connectivity index (χ4v) is 0. The van der Waals surface area contributed by atoms with Crippen molar-refractivity contribution in [2.75, 3.05) is 7.11 Å². The molecule has 54 valence electrons. The predicted molar refractivity (Wildman–Crippen MR) is 32.0 cm³/mol. The summed E-state index contributed by atoms with van der Waals surface area (Å²) in [6.45, 7) is 0. The second-order valence-corrected chi connectivity index (χ2v) is 1.78. The number of rotatable bonds is 1. The lowest BCUT2D eigenvalue weighted by Crippen LogP contribution is -1.96. The molecule has 0 aliphatic heterocycles. The maximum atomic E-state index is 9.33. The van der Waals surface area contributed by atoms with Crippen molar-refractivity contribution < 1.29 is 17.2 Å². The molecule has 0 heterocycles. The van der Waals surface area contributed by atoms with Gasteiger partial charge in [-0.2, -0.15) is 8.42 Å². The molecule has 0 spiro atoms. The third-order valence-corrected chi connectivity index (χ3v) is 0.632. The van der Waals surface area contributed by atoms with Gasteiger partial charge in [-0.05, 0) is 0 Å². The van der Waals surface area contributed by atoms with Crippen molar-refractivity contribution in [2.24, 2.45) is 0 Å². The first-order valence-corrected chi connectivity index (χ1v) is 2.46. The maximum Gasteiger partial charge on any atom is 0.397 e. The van der Waals surface area contributed by atoms with Crippen LogP contribution in [0.4, 0.5) is 0 Å². The lowest BCUT2D eigenvalue weighted by molar-refractivity contribution is 0.324. The van der Waals surface area contributed by atoms with Gasteiger partial charge in [0, 0.05) is 0 Å². The molecule has 0 atom stereocenters. The van der Waals surface area contributed by atoms with Gasteiger partial charge in [0.15, 0.2) is 0 Å². The molecule has 0 radical (unpaired) electrons. The molecule has 1 N–H and O–H groups in total. The highest BCUT2D eigenvalue weighted by Crippen LogP contribution is 1.74. The van der Waals surface area contributed by atoms with Crippen LogP contribution in [0.15, 0.2) is 0 Å². The Morgan fingerprint density at radius 2 is 1.50 bits per heavy atom. The van der Waals surface area contributed by atoms with E-state index in [9.17, 15) is 8.42 Å². The molecule has 8 heavy (non-hydrogen) atoms. The summed E-state index contributed by atoms with van der Waals surface area (Å²) in [6, 6.07) is 0. The molecule has 0 saturated carbocycles. The summed E-state index contributed by atoms with van der Waals surface area (Å²) in [6.07, 6.45) is 0. The van der Waals surface area contributed by atoms with Gasteiger partial charge in [-0.25, -0.2) is 0 Å². The van der Waals surface area contributed by atoms with Crippen LogP contribution in [0.2, 0.25) is 0 Å². The van der Waals surface area contributed by atoms with E-state index >= 15 is 0 Å². The topological polar surface area (TPSA) is 63.6 Å². The van der Waals surface area contributed by atoms with Crippen LogP contribution in [0.3, 0.4) is 0 Å². The molecule has 0 aromatic rings. The summed E-state index contributed by atoms with van der Waals surface area (Å²) >= 11 is 0. The summed E-state index contributed by atoms with van der Waals surface area (Å²) in [7, 11) is -3.29. The summed E-state index contributed by atoms with van der Waals surface area (Å²) in [5.74, 6) is 0. The largest absolute Gasteiger partial charge is 0.397 e. The van der Waals surface area contributed by atoms with Gasteiger partial charge in [0.2, 0.25) is 0 Å². The molecular weight excluding hydrogens is 132 g/mol. The molecule has 0 rings (SSSR count). The van der Waals surface area contributed by atoms with E-state index in [1.165, 1.54) is 0 Å². The second-order valence-electron chi connectivity index (χ2n) is 0.594. The maximum absolute atomic E-state index is 9.33.